The molecule has 3 rings (SSSR count). The molecule has 0 unspecified atom stereocenters. The van der Waals surface area contributed by atoms with Crippen LogP contribution in [0.15, 0.2) is 18.2 Å². The third kappa shape index (κ3) is 2.20. The first-order valence-corrected chi connectivity index (χ1v) is 6.28. The van der Waals surface area contributed by atoms with Crippen molar-refractivity contribution in [3.8, 4) is 11.5 Å². The predicted molar refractivity (Wildman–Crippen MR) is 67.0 cm³/mol. The van der Waals surface area contributed by atoms with Crippen molar-refractivity contribution < 1.29 is 14.3 Å². The predicted octanol–water partition coefficient (Wildman–Crippen LogP) is 2.43. The Morgan fingerprint density at radius 2 is 1.89 bits per heavy atom. The van der Waals surface area contributed by atoms with E-state index in [1.807, 2.05) is 17.0 Å². The Kier molecular flexibility index (Phi) is 2.96. The number of benzene rings is 1. The van der Waals surface area contributed by atoms with E-state index in [9.17, 15) is 4.79 Å². The zero-order valence-corrected chi connectivity index (χ0v) is 10.1. The number of piperidine rings is 1. The maximum absolute atomic E-state index is 12.0. The molecule has 2 aliphatic heterocycles. The van der Waals surface area contributed by atoms with Crippen molar-refractivity contribution in [2.75, 3.05) is 25.2 Å². The second-order valence-electron chi connectivity index (χ2n) is 4.55. The number of ether oxygens (including phenoxy) is 2. The third-order valence-electron chi connectivity index (χ3n) is 3.27. The van der Waals surface area contributed by atoms with Gasteiger partial charge in [0, 0.05) is 24.8 Å². The Bertz CT molecular complexity index is 456. The number of likely N-dealkylation sites (tertiary alicyclic amines) is 1. The van der Waals surface area contributed by atoms with E-state index in [2.05, 4.69) is 5.32 Å². The summed E-state index contributed by atoms with van der Waals surface area (Å²) in [4.78, 5) is 13.9. The molecule has 1 fully saturated rings. The molecule has 5 nitrogen and oxygen atoms in total. The minimum Gasteiger partial charge on any atom is -0.454 e. The first-order chi connectivity index (χ1) is 8.83. The fourth-order valence-electron chi connectivity index (χ4n) is 2.27. The Hall–Kier alpha value is -1.91. The summed E-state index contributed by atoms with van der Waals surface area (Å²) in [5.41, 5.74) is 0.745. The highest BCUT2D eigenvalue weighted by Crippen LogP contribution is 2.34. The van der Waals surface area contributed by atoms with Crippen molar-refractivity contribution in [3.63, 3.8) is 0 Å². The molecule has 0 saturated carbocycles. The summed E-state index contributed by atoms with van der Waals surface area (Å²) in [6.45, 7) is 1.94. The van der Waals surface area contributed by atoms with E-state index in [1.165, 1.54) is 6.42 Å². The molecule has 2 amide bonds. The molecule has 1 aromatic rings. The number of nitrogens with zero attached hydrogens (tertiary/aromatic N) is 1. The number of carbonyl (C=O) groups excluding carboxylic acids is 1. The average Bonchev–Trinajstić information content (AvgIpc) is 2.87. The summed E-state index contributed by atoms with van der Waals surface area (Å²) >= 11 is 0. The van der Waals surface area contributed by atoms with E-state index in [0.29, 0.717) is 5.75 Å². The minimum absolute atomic E-state index is 0.0337. The Balaban J connectivity index is 1.66. The van der Waals surface area contributed by atoms with Gasteiger partial charge in [-0.3, -0.25) is 0 Å². The van der Waals surface area contributed by atoms with Crippen molar-refractivity contribution in [2.24, 2.45) is 0 Å². The van der Waals surface area contributed by atoms with Crippen LogP contribution >= 0.6 is 0 Å². The van der Waals surface area contributed by atoms with Crippen LogP contribution in [0.3, 0.4) is 0 Å². The Morgan fingerprint density at radius 1 is 1.11 bits per heavy atom. The number of amides is 2. The quantitative estimate of drug-likeness (QED) is 0.830. The van der Waals surface area contributed by atoms with Crippen LogP contribution in [0.5, 0.6) is 11.5 Å². The summed E-state index contributed by atoms with van der Waals surface area (Å²) < 4.78 is 10.5. The second kappa shape index (κ2) is 4.76. The normalized spacial score (nSPS) is 17.7. The molecule has 2 aliphatic rings. The highest BCUT2D eigenvalue weighted by Gasteiger charge is 2.18. The summed E-state index contributed by atoms with van der Waals surface area (Å²) in [6.07, 6.45) is 3.40. The topological polar surface area (TPSA) is 50.8 Å². The first-order valence-electron chi connectivity index (χ1n) is 6.28. The molecule has 5 heteroatoms. The van der Waals surface area contributed by atoms with Gasteiger partial charge in [0.05, 0.1) is 0 Å². The monoisotopic (exact) mass is 248 g/mol. The zero-order chi connectivity index (χ0) is 12.4. The molecule has 18 heavy (non-hydrogen) atoms. The van der Waals surface area contributed by atoms with Crippen molar-refractivity contribution in [2.45, 2.75) is 19.3 Å². The maximum atomic E-state index is 12.0. The number of carbonyl (C=O) groups is 1. The van der Waals surface area contributed by atoms with Gasteiger partial charge in [-0.05, 0) is 31.4 Å². The van der Waals surface area contributed by atoms with Crippen molar-refractivity contribution in [1.29, 1.82) is 0 Å². The van der Waals surface area contributed by atoms with E-state index in [0.717, 1.165) is 37.4 Å². The fourth-order valence-corrected chi connectivity index (χ4v) is 2.27. The van der Waals surface area contributed by atoms with Crippen LogP contribution in [0.2, 0.25) is 0 Å². The van der Waals surface area contributed by atoms with Crippen molar-refractivity contribution in [3.05, 3.63) is 18.2 Å². The summed E-state index contributed by atoms with van der Waals surface area (Å²) in [6, 6.07) is 5.40. The van der Waals surface area contributed by atoms with Gasteiger partial charge >= 0.3 is 6.03 Å². The number of anilines is 1. The molecule has 0 radical (unpaired) electrons. The molecule has 0 bridgehead atoms. The van der Waals surface area contributed by atoms with Crippen LogP contribution in [0.1, 0.15) is 19.3 Å². The van der Waals surface area contributed by atoms with Gasteiger partial charge in [-0.2, -0.15) is 0 Å². The molecule has 2 heterocycles. The second-order valence-corrected chi connectivity index (χ2v) is 4.55. The van der Waals surface area contributed by atoms with Crippen LogP contribution < -0.4 is 14.8 Å². The molecule has 0 atom stereocenters. The number of hydrogen-bond acceptors (Lipinski definition) is 3. The molecule has 0 aliphatic carbocycles. The van der Waals surface area contributed by atoms with Crippen LogP contribution in [-0.2, 0) is 0 Å². The lowest BCUT2D eigenvalue weighted by molar-refractivity contribution is 0.174. The van der Waals surface area contributed by atoms with Crippen LogP contribution in [-0.4, -0.2) is 30.8 Å². The van der Waals surface area contributed by atoms with Gasteiger partial charge < -0.3 is 19.7 Å². The van der Waals surface area contributed by atoms with E-state index in [-0.39, 0.29) is 12.8 Å². The van der Waals surface area contributed by atoms with Crippen LogP contribution in [0.4, 0.5) is 10.5 Å². The Labute approximate surface area is 106 Å². The van der Waals surface area contributed by atoms with E-state index >= 15 is 0 Å². The fraction of sp³-hybridized carbons (Fsp3) is 0.462. The highest BCUT2D eigenvalue weighted by atomic mass is 16.7. The summed E-state index contributed by atoms with van der Waals surface area (Å²) in [7, 11) is 0. The van der Waals surface area contributed by atoms with Gasteiger partial charge in [0.1, 0.15) is 0 Å². The molecule has 1 N–H and O–H groups in total. The maximum Gasteiger partial charge on any atom is 0.321 e. The molecule has 0 spiro atoms. The van der Waals surface area contributed by atoms with Gasteiger partial charge in [-0.25, -0.2) is 4.79 Å². The number of urea groups is 1. The molecular formula is C13H16N2O3. The van der Waals surface area contributed by atoms with Gasteiger partial charge in [0.25, 0.3) is 0 Å². The van der Waals surface area contributed by atoms with Crippen molar-refractivity contribution in [1.82, 2.24) is 4.90 Å². The SMILES string of the molecule is O=C(Nc1ccc2c(c1)OCO2)N1CCCCC1. The standard InChI is InChI=1S/C13H16N2O3/c16-13(15-6-2-1-3-7-15)14-10-4-5-11-12(8-10)18-9-17-11/h4-5,8H,1-3,6-7,9H2,(H,14,16). The molecule has 1 saturated heterocycles. The van der Waals surface area contributed by atoms with Crippen molar-refractivity contribution >= 4 is 11.7 Å². The lowest BCUT2D eigenvalue weighted by Gasteiger charge is -2.26. The van der Waals surface area contributed by atoms with Gasteiger partial charge in [0.15, 0.2) is 11.5 Å². The van der Waals surface area contributed by atoms with Gasteiger partial charge in [0.2, 0.25) is 6.79 Å². The van der Waals surface area contributed by atoms with Crippen LogP contribution in [0.25, 0.3) is 0 Å². The van der Waals surface area contributed by atoms with Gasteiger partial charge in [-0.1, -0.05) is 0 Å². The summed E-state index contributed by atoms with van der Waals surface area (Å²) in [5.74, 6) is 1.41. The average molecular weight is 248 g/mol. The lowest BCUT2D eigenvalue weighted by atomic mass is 10.1. The van der Waals surface area contributed by atoms with Gasteiger partial charge in [-0.15, -0.1) is 0 Å². The molecular weight excluding hydrogens is 232 g/mol. The summed E-state index contributed by atoms with van der Waals surface area (Å²) in [5, 5.41) is 2.89. The highest BCUT2D eigenvalue weighted by molar-refractivity contribution is 5.89. The molecule has 1 aromatic carbocycles. The number of nitrogens with one attached hydrogen (secondary N) is 1. The van der Waals surface area contributed by atoms with E-state index in [4.69, 9.17) is 9.47 Å². The largest absolute Gasteiger partial charge is 0.454 e. The minimum atomic E-state index is -0.0337. The lowest BCUT2D eigenvalue weighted by Crippen LogP contribution is -2.38. The number of fused-ring (bicyclic) bond motifs is 1. The van der Waals surface area contributed by atoms with E-state index in [1.54, 1.807) is 6.07 Å². The number of rotatable bonds is 1. The van der Waals surface area contributed by atoms with E-state index < -0.39 is 0 Å². The van der Waals surface area contributed by atoms with Crippen LogP contribution in [0, 0.1) is 0 Å². The molecule has 0 aromatic heterocycles. The zero-order valence-electron chi connectivity index (χ0n) is 10.1. The third-order valence-corrected chi connectivity index (χ3v) is 3.27. The smallest absolute Gasteiger partial charge is 0.321 e. The first kappa shape index (κ1) is 11.2. The molecule has 96 valence electrons. The number of hydrogen-bond donors (Lipinski definition) is 1. The Morgan fingerprint density at radius 3 is 2.72 bits per heavy atom.